The Morgan fingerprint density at radius 3 is 2.91 bits per heavy atom. The maximum absolute atomic E-state index is 4.69. The van der Waals surface area contributed by atoms with Crippen molar-refractivity contribution < 1.29 is 0 Å². The number of hydrogen-bond donors (Lipinski definition) is 1. The number of nitrogens with one attached hydrogen (secondary N) is 1. The smallest absolute Gasteiger partial charge is 0.129 e. The van der Waals surface area contributed by atoms with Crippen molar-refractivity contribution in [3.8, 4) is 0 Å². The summed E-state index contributed by atoms with van der Waals surface area (Å²) < 4.78 is 2.11. The lowest BCUT2D eigenvalue weighted by molar-refractivity contribution is 0.234. The van der Waals surface area contributed by atoms with Crippen LogP contribution in [0.1, 0.15) is 56.0 Å². The van der Waals surface area contributed by atoms with E-state index in [1.807, 2.05) is 20.2 Å². The van der Waals surface area contributed by atoms with Crippen LogP contribution in [0.3, 0.4) is 0 Å². The molecule has 3 rings (SSSR count). The summed E-state index contributed by atoms with van der Waals surface area (Å²) in [5, 5.41) is 7.58. The molecule has 0 amide bonds. The lowest BCUT2D eigenvalue weighted by Gasteiger charge is -2.25. The third-order valence-electron chi connectivity index (χ3n) is 4.43. The van der Waals surface area contributed by atoms with Gasteiger partial charge in [0.25, 0.3) is 0 Å². The van der Waals surface area contributed by atoms with Gasteiger partial charge in [0.05, 0.1) is 17.4 Å². The monoisotopic (exact) mass is 314 g/mol. The summed E-state index contributed by atoms with van der Waals surface area (Å²) in [7, 11) is 1.90. The Kier molecular flexibility index (Phi) is 4.61. The lowest BCUT2D eigenvalue weighted by atomic mass is 10.1. The van der Waals surface area contributed by atoms with Crippen LogP contribution >= 0.6 is 0 Å². The number of aromatic nitrogens is 4. The fourth-order valence-corrected chi connectivity index (χ4v) is 3.38. The molecule has 0 spiro atoms. The molecule has 23 heavy (non-hydrogen) atoms. The summed E-state index contributed by atoms with van der Waals surface area (Å²) in [4.78, 5) is 11.6. The van der Waals surface area contributed by atoms with Crippen LogP contribution in [0.5, 0.6) is 0 Å². The molecule has 1 aliphatic rings. The molecule has 6 nitrogen and oxygen atoms in total. The molecule has 1 saturated heterocycles. The predicted octanol–water partition coefficient (Wildman–Crippen LogP) is 2.94. The second-order valence-corrected chi connectivity index (χ2v) is 6.46. The van der Waals surface area contributed by atoms with Crippen LogP contribution in [0.25, 0.3) is 0 Å². The maximum atomic E-state index is 4.69. The van der Waals surface area contributed by atoms with Gasteiger partial charge in [0.1, 0.15) is 11.6 Å². The van der Waals surface area contributed by atoms with Gasteiger partial charge in [0.15, 0.2) is 0 Å². The predicted molar refractivity (Wildman–Crippen MR) is 91.3 cm³/mol. The Balaban J connectivity index is 1.83. The fourth-order valence-electron chi connectivity index (χ4n) is 3.38. The van der Waals surface area contributed by atoms with Crippen molar-refractivity contribution in [2.45, 2.75) is 52.2 Å². The van der Waals surface area contributed by atoms with Gasteiger partial charge in [0.2, 0.25) is 0 Å². The van der Waals surface area contributed by atoms with E-state index < -0.39 is 0 Å². The first-order valence-corrected chi connectivity index (χ1v) is 8.38. The van der Waals surface area contributed by atoms with E-state index >= 15 is 0 Å². The van der Waals surface area contributed by atoms with Crippen molar-refractivity contribution in [2.24, 2.45) is 0 Å². The van der Waals surface area contributed by atoms with Gasteiger partial charge in [-0.15, -0.1) is 0 Å². The molecule has 0 unspecified atom stereocenters. The van der Waals surface area contributed by atoms with Gasteiger partial charge in [-0.2, -0.15) is 5.10 Å². The van der Waals surface area contributed by atoms with Crippen LogP contribution in [0, 0.1) is 6.92 Å². The summed E-state index contributed by atoms with van der Waals surface area (Å²) in [5.41, 5.74) is 2.39. The van der Waals surface area contributed by atoms with Crippen LogP contribution < -0.4 is 5.32 Å². The molecule has 0 aromatic carbocycles. The normalized spacial score (nSPS) is 18.7. The standard InChI is InChI=1S/C17H26N6/c1-12(2)23-14(7-8-19-23)11-22-9-5-6-16(22)15-10-17(18-4)21-13(3)20-15/h7-8,10,12,16H,5-6,9,11H2,1-4H3,(H,18,20,21)/t16-/m1/s1. The molecule has 2 aromatic heterocycles. The van der Waals surface area contributed by atoms with Crippen molar-refractivity contribution >= 4 is 5.82 Å². The number of likely N-dealkylation sites (tertiary alicyclic amines) is 1. The SMILES string of the molecule is CNc1cc([C@H]2CCCN2Cc2ccnn2C(C)C)nc(C)n1. The van der Waals surface area contributed by atoms with Crippen molar-refractivity contribution in [1.29, 1.82) is 0 Å². The number of nitrogens with zero attached hydrogens (tertiary/aromatic N) is 5. The van der Waals surface area contributed by atoms with E-state index in [1.165, 1.54) is 12.1 Å². The molecule has 0 aliphatic carbocycles. The highest BCUT2D eigenvalue weighted by Gasteiger charge is 2.28. The summed E-state index contributed by atoms with van der Waals surface area (Å²) >= 11 is 0. The Morgan fingerprint density at radius 2 is 2.17 bits per heavy atom. The van der Waals surface area contributed by atoms with E-state index in [9.17, 15) is 0 Å². The molecule has 2 aromatic rings. The van der Waals surface area contributed by atoms with Crippen molar-refractivity contribution in [1.82, 2.24) is 24.6 Å². The Morgan fingerprint density at radius 1 is 1.35 bits per heavy atom. The molecule has 1 N–H and O–H groups in total. The minimum atomic E-state index is 0.360. The summed E-state index contributed by atoms with van der Waals surface area (Å²) in [6, 6.07) is 4.95. The van der Waals surface area contributed by atoms with Crippen LogP contribution in [-0.4, -0.2) is 38.2 Å². The zero-order valence-electron chi connectivity index (χ0n) is 14.5. The fraction of sp³-hybridized carbons (Fsp3) is 0.588. The Labute approximate surface area is 137 Å². The van der Waals surface area contributed by atoms with E-state index in [4.69, 9.17) is 0 Å². The molecule has 3 heterocycles. The first-order valence-electron chi connectivity index (χ1n) is 8.38. The van der Waals surface area contributed by atoms with Crippen molar-refractivity contribution in [3.63, 3.8) is 0 Å². The van der Waals surface area contributed by atoms with Gasteiger partial charge in [0, 0.05) is 31.9 Å². The zero-order valence-corrected chi connectivity index (χ0v) is 14.5. The van der Waals surface area contributed by atoms with Gasteiger partial charge >= 0.3 is 0 Å². The van der Waals surface area contributed by atoms with Crippen LogP contribution in [0.2, 0.25) is 0 Å². The molecule has 0 bridgehead atoms. The Hall–Kier alpha value is -1.95. The lowest BCUT2D eigenvalue weighted by Crippen LogP contribution is -2.25. The highest BCUT2D eigenvalue weighted by Crippen LogP contribution is 2.33. The quantitative estimate of drug-likeness (QED) is 0.919. The third kappa shape index (κ3) is 3.37. The number of anilines is 1. The van der Waals surface area contributed by atoms with E-state index in [2.05, 4.69) is 55.9 Å². The summed E-state index contributed by atoms with van der Waals surface area (Å²) in [6.45, 7) is 8.32. The van der Waals surface area contributed by atoms with Crippen LogP contribution in [0.15, 0.2) is 18.3 Å². The summed E-state index contributed by atoms with van der Waals surface area (Å²) in [5.74, 6) is 1.72. The molecular weight excluding hydrogens is 288 g/mol. The average molecular weight is 314 g/mol. The zero-order chi connectivity index (χ0) is 16.4. The van der Waals surface area contributed by atoms with Crippen LogP contribution in [-0.2, 0) is 6.54 Å². The van der Waals surface area contributed by atoms with Crippen molar-refractivity contribution in [2.75, 3.05) is 18.9 Å². The van der Waals surface area contributed by atoms with Crippen molar-refractivity contribution in [3.05, 3.63) is 35.5 Å². The largest absolute Gasteiger partial charge is 0.373 e. The molecule has 124 valence electrons. The number of aryl methyl sites for hydroxylation is 1. The Bertz CT molecular complexity index is 663. The first kappa shape index (κ1) is 15.9. The maximum Gasteiger partial charge on any atom is 0.129 e. The molecule has 0 radical (unpaired) electrons. The van der Waals surface area contributed by atoms with Crippen LogP contribution in [0.4, 0.5) is 5.82 Å². The van der Waals surface area contributed by atoms with Gasteiger partial charge in [-0.3, -0.25) is 9.58 Å². The average Bonchev–Trinajstić information content (AvgIpc) is 3.16. The van der Waals surface area contributed by atoms with E-state index in [0.29, 0.717) is 12.1 Å². The molecule has 1 aliphatic heterocycles. The molecule has 1 atom stereocenters. The molecule has 0 saturated carbocycles. The molecule has 1 fully saturated rings. The molecular formula is C17H26N6. The highest BCUT2D eigenvalue weighted by molar-refractivity contribution is 5.36. The van der Waals surface area contributed by atoms with E-state index in [1.54, 1.807) is 0 Å². The minimum Gasteiger partial charge on any atom is -0.373 e. The second-order valence-electron chi connectivity index (χ2n) is 6.46. The molecule has 6 heteroatoms. The topological polar surface area (TPSA) is 58.9 Å². The minimum absolute atomic E-state index is 0.360. The van der Waals surface area contributed by atoms with Gasteiger partial charge in [-0.05, 0) is 46.2 Å². The van der Waals surface area contributed by atoms with E-state index in [-0.39, 0.29) is 0 Å². The summed E-state index contributed by atoms with van der Waals surface area (Å²) in [6.07, 6.45) is 4.25. The van der Waals surface area contributed by atoms with Gasteiger partial charge < -0.3 is 5.32 Å². The third-order valence-corrected chi connectivity index (χ3v) is 4.43. The van der Waals surface area contributed by atoms with Gasteiger partial charge in [-0.25, -0.2) is 9.97 Å². The van der Waals surface area contributed by atoms with Gasteiger partial charge in [-0.1, -0.05) is 0 Å². The van der Waals surface area contributed by atoms with E-state index in [0.717, 1.165) is 36.8 Å². The second kappa shape index (κ2) is 6.66. The highest BCUT2D eigenvalue weighted by atomic mass is 15.3. The first-order chi connectivity index (χ1) is 11.1. The number of rotatable bonds is 5. The number of hydrogen-bond acceptors (Lipinski definition) is 5.